The second kappa shape index (κ2) is 14.8. The standard InChI is InChI=1S/2C27H27O.C2H7Si.2ClH.Zr/c2*1-17-8-13-25(28-17)21-15-20-14-19-6-5-7-23(19)26(24(20)16-21)18-9-11-22(12-10-18)27(2,3)4;1-3-2;;;/h2*8-16H,5-7H2,1-4H3;3H,1-2H3;2*1H;/q;;;;;+2/p-2. The van der Waals surface area contributed by atoms with E-state index < -0.39 is 21.5 Å². The van der Waals surface area contributed by atoms with E-state index in [9.17, 15) is 17.0 Å². The van der Waals surface area contributed by atoms with Crippen LogP contribution in [0.15, 0.2) is 93.8 Å². The third-order valence-corrected chi connectivity index (χ3v) is 66.7. The molecule has 4 aromatic carbocycles. The molecule has 319 valence electrons. The van der Waals surface area contributed by atoms with Gasteiger partial charge in [-0.25, -0.2) is 0 Å². The van der Waals surface area contributed by atoms with Gasteiger partial charge in [-0.3, -0.25) is 0 Å². The first-order valence-corrected chi connectivity index (χ1v) is 39.4. The molecule has 2 unspecified atom stereocenters. The zero-order valence-electron chi connectivity index (χ0n) is 38.3. The van der Waals surface area contributed by atoms with Crippen molar-refractivity contribution in [2.45, 2.75) is 125 Å². The van der Waals surface area contributed by atoms with Crippen molar-refractivity contribution in [1.29, 1.82) is 0 Å². The van der Waals surface area contributed by atoms with Gasteiger partial charge in [0.15, 0.2) is 0 Å². The normalized spacial score (nSPS) is 19.0. The summed E-state index contributed by atoms with van der Waals surface area (Å²) in [7, 11) is 18.4. The number of aryl methyl sites for hydroxylation is 4. The van der Waals surface area contributed by atoms with E-state index in [1.165, 1.54) is 77.9 Å². The molecule has 0 radical (unpaired) electrons. The number of rotatable bonds is 7. The van der Waals surface area contributed by atoms with E-state index in [0.29, 0.717) is 0 Å². The summed E-state index contributed by atoms with van der Waals surface area (Å²) in [4.78, 5) is 0. The van der Waals surface area contributed by atoms with Crippen LogP contribution in [-0.2, 0) is 52.1 Å². The van der Waals surface area contributed by atoms with Gasteiger partial charge in [-0.2, -0.15) is 0 Å². The van der Waals surface area contributed by atoms with Gasteiger partial charge in [0.05, 0.1) is 0 Å². The van der Waals surface area contributed by atoms with Crippen LogP contribution < -0.4 is 0 Å². The van der Waals surface area contributed by atoms with Crippen LogP contribution in [0.3, 0.4) is 0 Å². The number of hydrogen-bond acceptors (Lipinski definition) is 2. The Morgan fingerprint density at radius 2 is 0.935 bits per heavy atom. The van der Waals surface area contributed by atoms with Crippen LogP contribution in [0.1, 0.15) is 140 Å². The number of halogens is 2. The monoisotopic (exact) mass is 953 g/mol. The van der Waals surface area contributed by atoms with Gasteiger partial charge in [-0.05, 0) is 0 Å². The van der Waals surface area contributed by atoms with E-state index in [-0.39, 0.29) is 18.1 Å². The number of hydrogen-bond donors (Lipinski definition) is 0. The van der Waals surface area contributed by atoms with Gasteiger partial charge in [-0.1, -0.05) is 0 Å². The van der Waals surface area contributed by atoms with Crippen LogP contribution in [0.25, 0.3) is 45.6 Å². The van der Waals surface area contributed by atoms with Crippen LogP contribution in [-0.4, -0.2) is 5.92 Å². The van der Waals surface area contributed by atoms with E-state index in [4.69, 9.17) is 8.83 Å². The molecule has 4 aliphatic rings. The third-order valence-electron chi connectivity index (χ3n) is 15.1. The molecule has 0 amide bonds. The van der Waals surface area contributed by atoms with Crippen molar-refractivity contribution >= 4 is 46.2 Å². The van der Waals surface area contributed by atoms with E-state index in [1.807, 2.05) is 13.8 Å². The van der Waals surface area contributed by atoms with E-state index in [1.54, 1.807) is 0 Å². The molecule has 0 aliphatic heterocycles. The first kappa shape index (κ1) is 42.5. The van der Waals surface area contributed by atoms with Gasteiger partial charge in [0.1, 0.15) is 0 Å². The Hall–Kier alpha value is -3.40. The molecule has 6 aromatic rings. The van der Waals surface area contributed by atoms with Crippen LogP contribution in [0, 0.1) is 13.8 Å². The summed E-state index contributed by atoms with van der Waals surface area (Å²) in [6, 6.07) is 32.4. The Morgan fingerprint density at radius 1 is 0.548 bits per heavy atom. The van der Waals surface area contributed by atoms with Crippen molar-refractivity contribution in [1.82, 2.24) is 0 Å². The van der Waals surface area contributed by atoms with Crippen LogP contribution in [0.5, 0.6) is 0 Å². The SMILES string of the molecule is Cc1ccc(C2=Cc3c(cc4c(c3-c3ccc(C(C)(C)C)cc3)CCC4)[CH]2[Zr]([Cl])([Cl])([CH]2C(c3ccc(C)o3)=Cc3c2cc2c(c3-c3ccc(C(C)(C)C)cc3)CCC2)[SiH](C)C)o1. The summed E-state index contributed by atoms with van der Waals surface area (Å²) in [6.07, 6.45) is 11.5. The summed E-state index contributed by atoms with van der Waals surface area (Å²) in [5.41, 5.74) is 21.5. The minimum atomic E-state index is -5.42. The molecule has 2 atom stereocenters. The van der Waals surface area contributed by atoms with Crippen molar-refractivity contribution in [2.24, 2.45) is 0 Å². The van der Waals surface area contributed by atoms with Crippen molar-refractivity contribution in [2.75, 3.05) is 0 Å². The van der Waals surface area contributed by atoms with Gasteiger partial charge in [0.2, 0.25) is 0 Å². The first-order chi connectivity index (χ1) is 29.3. The molecule has 4 aliphatic carbocycles. The molecule has 62 heavy (non-hydrogen) atoms. The molecule has 6 heteroatoms. The molecular weight excluding hydrogens is 895 g/mol. The van der Waals surface area contributed by atoms with Crippen molar-refractivity contribution in [3.8, 4) is 22.3 Å². The molecule has 0 spiro atoms. The summed E-state index contributed by atoms with van der Waals surface area (Å²) in [5.74, 6) is 1.62. The fraction of sp³-hybridized carbons (Fsp3) is 0.357. The maximum atomic E-state index is 9.21. The Morgan fingerprint density at radius 3 is 1.26 bits per heavy atom. The average Bonchev–Trinajstić information content (AvgIpc) is 4.07. The molecular formula is C56H61Cl2O2SiZr. The first-order valence-electron chi connectivity index (χ1n) is 23.1. The summed E-state index contributed by atoms with van der Waals surface area (Å²) in [5, 5.41) is 0. The fourth-order valence-corrected chi connectivity index (χ4v) is 41.7. The third kappa shape index (κ3) is 6.62. The van der Waals surface area contributed by atoms with E-state index in [0.717, 1.165) is 72.7 Å². The van der Waals surface area contributed by atoms with Gasteiger partial charge < -0.3 is 0 Å². The molecule has 10 rings (SSSR count). The van der Waals surface area contributed by atoms with Gasteiger partial charge >= 0.3 is 382 Å². The molecule has 0 fully saturated rings. The van der Waals surface area contributed by atoms with Crippen LogP contribution >= 0.6 is 17.0 Å². The summed E-state index contributed by atoms with van der Waals surface area (Å²) in [6.45, 7) is 22.8. The van der Waals surface area contributed by atoms with E-state index >= 15 is 0 Å². The average molecular weight is 956 g/mol. The zero-order chi connectivity index (χ0) is 43.7. The molecule has 2 aromatic heterocycles. The van der Waals surface area contributed by atoms with E-state index in [2.05, 4.69) is 152 Å². The quantitative estimate of drug-likeness (QED) is 0.149. The molecule has 0 N–H and O–H groups in total. The minimum absolute atomic E-state index is 0.0686. The molecule has 0 saturated heterocycles. The predicted octanol–water partition coefficient (Wildman–Crippen LogP) is 16.3. The molecule has 2 nitrogen and oxygen atoms in total. The van der Waals surface area contributed by atoms with Crippen LogP contribution in [0.2, 0.25) is 13.1 Å². The Bertz CT molecular complexity index is 2660. The molecule has 0 bridgehead atoms. The number of fused-ring (bicyclic) bond motifs is 4. The Balaban J connectivity index is 1.26. The molecule has 0 saturated carbocycles. The maximum absolute atomic E-state index is 9.21. The topological polar surface area (TPSA) is 26.3 Å². The van der Waals surface area contributed by atoms with Crippen molar-refractivity contribution in [3.63, 3.8) is 0 Å². The van der Waals surface area contributed by atoms with Gasteiger partial charge in [0.25, 0.3) is 0 Å². The van der Waals surface area contributed by atoms with Crippen molar-refractivity contribution in [3.05, 3.63) is 164 Å². The van der Waals surface area contributed by atoms with Crippen molar-refractivity contribution < 1.29 is 24.4 Å². The number of benzene rings is 4. The Labute approximate surface area is 378 Å². The summed E-state index contributed by atoms with van der Waals surface area (Å²) < 4.78 is 13.0. The van der Waals surface area contributed by atoms with Gasteiger partial charge in [0, 0.05) is 0 Å². The predicted molar refractivity (Wildman–Crippen MR) is 264 cm³/mol. The Kier molecular flexibility index (Phi) is 10.2. The number of furan rings is 2. The van der Waals surface area contributed by atoms with Crippen LogP contribution in [0.4, 0.5) is 0 Å². The molecule has 2 heterocycles. The summed E-state index contributed by atoms with van der Waals surface area (Å²) >= 11 is -5.42. The second-order valence-corrected chi connectivity index (χ2v) is 63.9. The fourth-order valence-electron chi connectivity index (χ4n) is 11.7. The zero-order valence-corrected chi connectivity index (χ0v) is 43.4. The second-order valence-electron chi connectivity index (χ2n) is 21.4. The number of allylic oxidation sites excluding steroid dienone is 2. The van der Waals surface area contributed by atoms with Gasteiger partial charge in [-0.15, -0.1) is 0 Å².